The van der Waals surface area contributed by atoms with E-state index in [-0.39, 0.29) is 0 Å². The zero-order valence-electron chi connectivity index (χ0n) is 9.55. The molecule has 4 heteroatoms. The lowest BCUT2D eigenvalue weighted by molar-refractivity contribution is 0.657. The molecule has 16 heavy (non-hydrogen) atoms. The SMILES string of the molecule is Cc1cc(Br)cc2[nH]c(C(C)CCN)nc12. The second-order valence-corrected chi connectivity index (χ2v) is 5.13. The fraction of sp³-hybridized carbons (Fsp3) is 0.417. The van der Waals surface area contributed by atoms with Crippen LogP contribution in [0, 0.1) is 6.92 Å². The van der Waals surface area contributed by atoms with Gasteiger partial charge in [-0.2, -0.15) is 0 Å². The fourth-order valence-corrected chi connectivity index (χ4v) is 2.46. The molecular weight excluding hydrogens is 266 g/mol. The number of aryl methyl sites for hydroxylation is 1. The van der Waals surface area contributed by atoms with Gasteiger partial charge in [0.15, 0.2) is 0 Å². The van der Waals surface area contributed by atoms with Crippen molar-refractivity contribution in [1.29, 1.82) is 0 Å². The Morgan fingerprint density at radius 3 is 2.94 bits per heavy atom. The van der Waals surface area contributed by atoms with Gasteiger partial charge in [0.2, 0.25) is 0 Å². The molecule has 2 aromatic rings. The summed E-state index contributed by atoms with van der Waals surface area (Å²) in [6.45, 7) is 4.92. The second kappa shape index (κ2) is 4.55. The number of aromatic amines is 1. The molecule has 1 heterocycles. The first-order chi connectivity index (χ1) is 7.61. The average molecular weight is 282 g/mol. The van der Waals surface area contributed by atoms with Gasteiger partial charge >= 0.3 is 0 Å². The minimum absolute atomic E-state index is 0.385. The maximum atomic E-state index is 5.57. The number of hydrogen-bond acceptors (Lipinski definition) is 2. The molecule has 2 rings (SSSR count). The first-order valence-corrected chi connectivity index (χ1v) is 6.27. The lowest BCUT2D eigenvalue weighted by Gasteiger charge is -2.04. The number of aromatic nitrogens is 2. The van der Waals surface area contributed by atoms with Crippen molar-refractivity contribution >= 4 is 27.0 Å². The molecule has 0 bridgehead atoms. The highest BCUT2D eigenvalue weighted by Crippen LogP contribution is 2.25. The Morgan fingerprint density at radius 2 is 2.25 bits per heavy atom. The molecule has 1 aromatic heterocycles. The molecule has 0 radical (unpaired) electrons. The van der Waals surface area contributed by atoms with E-state index in [0.717, 1.165) is 27.8 Å². The van der Waals surface area contributed by atoms with Gasteiger partial charge in [0.25, 0.3) is 0 Å². The Balaban J connectivity index is 2.47. The van der Waals surface area contributed by atoms with E-state index in [1.54, 1.807) is 0 Å². The zero-order chi connectivity index (χ0) is 11.7. The second-order valence-electron chi connectivity index (χ2n) is 4.22. The molecule has 0 spiro atoms. The van der Waals surface area contributed by atoms with E-state index in [1.807, 2.05) is 0 Å². The quantitative estimate of drug-likeness (QED) is 0.909. The molecule has 0 saturated carbocycles. The van der Waals surface area contributed by atoms with Crippen molar-refractivity contribution < 1.29 is 0 Å². The molecule has 0 saturated heterocycles. The minimum Gasteiger partial charge on any atom is -0.342 e. The Kier molecular flexibility index (Phi) is 3.30. The van der Waals surface area contributed by atoms with Crippen LogP contribution < -0.4 is 5.73 Å². The van der Waals surface area contributed by atoms with Crippen LogP contribution in [-0.4, -0.2) is 16.5 Å². The van der Waals surface area contributed by atoms with E-state index in [4.69, 9.17) is 5.73 Å². The molecule has 1 unspecified atom stereocenters. The molecule has 0 fully saturated rings. The summed E-state index contributed by atoms with van der Waals surface area (Å²) in [5.41, 5.74) is 8.90. The van der Waals surface area contributed by atoms with Crippen molar-refractivity contribution in [3.8, 4) is 0 Å². The Bertz CT molecular complexity index is 504. The van der Waals surface area contributed by atoms with Crippen LogP contribution in [0.5, 0.6) is 0 Å². The molecule has 0 aliphatic carbocycles. The molecule has 0 aliphatic rings. The topological polar surface area (TPSA) is 54.7 Å². The number of H-pyrrole nitrogens is 1. The molecule has 1 aromatic carbocycles. The largest absolute Gasteiger partial charge is 0.342 e. The fourth-order valence-electron chi connectivity index (χ4n) is 1.89. The van der Waals surface area contributed by atoms with E-state index in [0.29, 0.717) is 12.5 Å². The number of benzene rings is 1. The van der Waals surface area contributed by atoms with Crippen LogP contribution in [0.4, 0.5) is 0 Å². The molecule has 0 amide bonds. The summed E-state index contributed by atoms with van der Waals surface area (Å²) in [7, 11) is 0. The number of halogens is 1. The summed E-state index contributed by atoms with van der Waals surface area (Å²) in [5.74, 6) is 1.41. The van der Waals surface area contributed by atoms with Gasteiger partial charge in [0, 0.05) is 10.4 Å². The van der Waals surface area contributed by atoms with E-state index < -0.39 is 0 Å². The normalized spacial score (nSPS) is 13.2. The van der Waals surface area contributed by atoms with Crippen LogP contribution in [0.3, 0.4) is 0 Å². The van der Waals surface area contributed by atoms with Gasteiger partial charge in [-0.1, -0.05) is 22.9 Å². The Hall–Kier alpha value is -0.870. The number of nitrogens with two attached hydrogens (primary N) is 1. The van der Waals surface area contributed by atoms with Crippen LogP contribution in [0.2, 0.25) is 0 Å². The van der Waals surface area contributed by atoms with Gasteiger partial charge in [-0.15, -0.1) is 0 Å². The Labute approximate surface area is 104 Å². The summed E-state index contributed by atoms with van der Waals surface area (Å²) < 4.78 is 1.08. The number of rotatable bonds is 3. The van der Waals surface area contributed by atoms with Crippen molar-refractivity contribution in [1.82, 2.24) is 9.97 Å². The van der Waals surface area contributed by atoms with Crippen LogP contribution in [0.1, 0.15) is 30.7 Å². The van der Waals surface area contributed by atoms with Crippen molar-refractivity contribution in [3.63, 3.8) is 0 Å². The lowest BCUT2D eigenvalue weighted by Crippen LogP contribution is -2.05. The van der Waals surface area contributed by atoms with E-state index in [1.165, 1.54) is 5.56 Å². The highest BCUT2D eigenvalue weighted by Gasteiger charge is 2.11. The smallest absolute Gasteiger partial charge is 0.110 e. The highest BCUT2D eigenvalue weighted by atomic mass is 79.9. The van der Waals surface area contributed by atoms with Crippen LogP contribution in [0.15, 0.2) is 16.6 Å². The summed E-state index contributed by atoms with van der Waals surface area (Å²) in [4.78, 5) is 8.01. The predicted molar refractivity (Wildman–Crippen MR) is 70.6 cm³/mol. The maximum Gasteiger partial charge on any atom is 0.110 e. The maximum absolute atomic E-state index is 5.57. The number of nitrogens with one attached hydrogen (secondary N) is 1. The Morgan fingerprint density at radius 1 is 1.50 bits per heavy atom. The summed E-state index contributed by atoms with van der Waals surface area (Å²) >= 11 is 3.49. The van der Waals surface area contributed by atoms with Crippen LogP contribution >= 0.6 is 15.9 Å². The zero-order valence-corrected chi connectivity index (χ0v) is 11.1. The van der Waals surface area contributed by atoms with Crippen molar-refractivity contribution in [3.05, 3.63) is 28.0 Å². The van der Waals surface area contributed by atoms with E-state index in [9.17, 15) is 0 Å². The third-order valence-corrected chi connectivity index (χ3v) is 3.28. The number of hydrogen-bond donors (Lipinski definition) is 2. The summed E-state index contributed by atoms with van der Waals surface area (Å²) in [5, 5.41) is 0. The molecule has 86 valence electrons. The molecule has 1 atom stereocenters. The van der Waals surface area contributed by atoms with Crippen molar-refractivity contribution in [2.75, 3.05) is 6.54 Å². The predicted octanol–water partition coefficient (Wildman–Crippen LogP) is 3.09. The lowest BCUT2D eigenvalue weighted by atomic mass is 10.1. The average Bonchev–Trinajstić information content (AvgIpc) is 2.62. The van der Waals surface area contributed by atoms with Gasteiger partial charge in [0.1, 0.15) is 5.82 Å². The van der Waals surface area contributed by atoms with Crippen LogP contribution in [-0.2, 0) is 0 Å². The molecule has 0 aliphatic heterocycles. The number of fused-ring (bicyclic) bond motifs is 1. The first kappa shape index (κ1) is 11.6. The van der Waals surface area contributed by atoms with Crippen LogP contribution in [0.25, 0.3) is 11.0 Å². The van der Waals surface area contributed by atoms with Gasteiger partial charge < -0.3 is 10.7 Å². The number of imidazole rings is 1. The highest BCUT2D eigenvalue weighted by molar-refractivity contribution is 9.10. The third-order valence-electron chi connectivity index (χ3n) is 2.83. The van der Waals surface area contributed by atoms with Crippen molar-refractivity contribution in [2.45, 2.75) is 26.2 Å². The first-order valence-electron chi connectivity index (χ1n) is 5.47. The van der Waals surface area contributed by atoms with E-state index in [2.05, 4.69) is 51.9 Å². The van der Waals surface area contributed by atoms with Gasteiger partial charge in [-0.25, -0.2) is 4.98 Å². The van der Waals surface area contributed by atoms with Gasteiger partial charge in [-0.05, 0) is 37.6 Å². The third kappa shape index (κ3) is 2.13. The van der Waals surface area contributed by atoms with Crippen molar-refractivity contribution in [2.24, 2.45) is 5.73 Å². The summed E-state index contributed by atoms with van der Waals surface area (Å²) in [6.07, 6.45) is 0.958. The monoisotopic (exact) mass is 281 g/mol. The standard InChI is InChI=1S/C12H16BrN3/c1-7(3-4-14)12-15-10-6-9(13)5-8(2)11(10)16-12/h5-7H,3-4,14H2,1-2H3,(H,15,16). The minimum atomic E-state index is 0.385. The van der Waals surface area contributed by atoms with Gasteiger partial charge in [0.05, 0.1) is 11.0 Å². The van der Waals surface area contributed by atoms with E-state index >= 15 is 0 Å². The van der Waals surface area contributed by atoms with Gasteiger partial charge in [-0.3, -0.25) is 0 Å². The molecular formula is C12H16BrN3. The number of nitrogens with zero attached hydrogens (tertiary/aromatic N) is 1. The summed E-state index contributed by atoms with van der Waals surface area (Å²) in [6, 6.07) is 4.15. The molecule has 3 nitrogen and oxygen atoms in total. The molecule has 3 N–H and O–H groups in total.